The number of carbonyl (C=O) groups is 1. The number of halogens is 1. The van der Waals surface area contributed by atoms with Gasteiger partial charge in [0.2, 0.25) is 5.91 Å². The van der Waals surface area contributed by atoms with Crippen molar-refractivity contribution in [2.45, 2.75) is 26.4 Å². The third-order valence-corrected chi connectivity index (χ3v) is 5.11. The van der Waals surface area contributed by atoms with E-state index in [2.05, 4.69) is 15.4 Å². The second-order valence-electron chi connectivity index (χ2n) is 7.52. The number of nitrogens with zero attached hydrogens (tertiary/aromatic N) is 4. The van der Waals surface area contributed by atoms with Crippen LogP contribution >= 0.6 is 0 Å². The fraction of sp³-hybridized carbons (Fsp3) is 0.250. The summed E-state index contributed by atoms with van der Waals surface area (Å²) in [5.41, 5.74) is 1.74. The average Bonchev–Trinajstić information content (AvgIpc) is 3.21. The first-order valence-electron chi connectivity index (χ1n) is 10.7. The lowest BCUT2D eigenvalue weighted by Gasteiger charge is -2.08. The topological polar surface area (TPSA) is 91.0 Å². The second kappa shape index (κ2) is 10.1. The monoisotopic (exact) mass is 449 g/mol. The Hall–Kier alpha value is -4.01. The van der Waals surface area contributed by atoms with Crippen molar-refractivity contribution < 1.29 is 13.9 Å². The van der Waals surface area contributed by atoms with E-state index in [1.807, 2.05) is 31.2 Å². The van der Waals surface area contributed by atoms with Gasteiger partial charge in [0, 0.05) is 6.54 Å². The molecule has 0 saturated heterocycles. The van der Waals surface area contributed by atoms with Crippen LogP contribution in [0.5, 0.6) is 5.75 Å². The summed E-state index contributed by atoms with van der Waals surface area (Å²) in [6.45, 7) is 3.45. The van der Waals surface area contributed by atoms with Gasteiger partial charge in [-0.1, -0.05) is 24.3 Å². The lowest BCUT2D eigenvalue weighted by molar-refractivity contribution is -0.120. The van der Waals surface area contributed by atoms with Gasteiger partial charge in [-0.3, -0.25) is 14.2 Å². The number of aromatic nitrogens is 4. The van der Waals surface area contributed by atoms with Gasteiger partial charge in [-0.05, 0) is 42.3 Å². The highest BCUT2D eigenvalue weighted by molar-refractivity contribution is 5.78. The molecule has 9 heteroatoms. The molecule has 33 heavy (non-hydrogen) atoms. The maximum absolute atomic E-state index is 13.4. The van der Waals surface area contributed by atoms with E-state index in [0.717, 1.165) is 11.3 Å². The zero-order valence-electron chi connectivity index (χ0n) is 18.2. The molecule has 0 radical (unpaired) electrons. The normalized spacial score (nSPS) is 11.0. The van der Waals surface area contributed by atoms with Gasteiger partial charge in [0.15, 0.2) is 5.65 Å². The summed E-state index contributed by atoms with van der Waals surface area (Å²) in [5.74, 6) is 0.308. The molecule has 2 aromatic carbocycles. The number of hydrogen-bond donors (Lipinski definition) is 1. The standard InChI is InChI=1S/C24H24FN5O3/c1-2-33-20-8-6-17(7-9-20)13-22(31)26-10-11-30-23-21(14-28-30)24(32)29(16-27-23)15-18-4-3-5-19(25)12-18/h3-9,12,14,16H,2,10-11,13,15H2,1H3,(H,26,31). The highest BCUT2D eigenvalue weighted by Gasteiger charge is 2.11. The van der Waals surface area contributed by atoms with Crippen LogP contribution in [0, 0.1) is 5.82 Å². The first-order valence-corrected chi connectivity index (χ1v) is 10.7. The van der Waals surface area contributed by atoms with Crippen molar-refractivity contribution in [2.24, 2.45) is 0 Å². The smallest absolute Gasteiger partial charge is 0.264 e. The van der Waals surface area contributed by atoms with Crippen molar-refractivity contribution in [1.29, 1.82) is 0 Å². The lowest BCUT2D eigenvalue weighted by atomic mass is 10.1. The van der Waals surface area contributed by atoms with E-state index >= 15 is 0 Å². The molecule has 0 aliphatic carbocycles. The third kappa shape index (κ3) is 5.43. The molecule has 2 heterocycles. The van der Waals surface area contributed by atoms with Gasteiger partial charge in [-0.15, -0.1) is 0 Å². The predicted octanol–water partition coefficient (Wildman–Crippen LogP) is 2.54. The van der Waals surface area contributed by atoms with Gasteiger partial charge in [-0.2, -0.15) is 5.10 Å². The maximum Gasteiger partial charge on any atom is 0.264 e. The van der Waals surface area contributed by atoms with Gasteiger partial charge in [0.25, 0.3) is 5.56 Å². The zero-order valence-corrected chi connectivity index (χ0v) is 18.2. The van der Waals surface area contributed by atoms with Gasteiger partial charge < -0.3 is 10.1 Å². The molecule has 0 unspecified atom stereocenters. The Bertz CT molecular complexity index is 1310. The van der Waals surface area contributed by atoms with Crippen LogP contribution in [-0.2, 0) is 24.3 Å². The molecule has 0 saturated carbocycles. The van der Waals surface area contributed by atoms with E-state index in [4.69, 9.17) is 4.74 Å². The van der Waals surface area contributed by atoms with Gasteiger partial charge >= 0.3 is 0 Å². The number of amides is 1. The molecule has 2 aromatic heterocycles. The molecule has 0 aliphatic rings. The van der Waals surface area contributed by atoms with E-state index in [0.29, 0.717) is 36.3 Å². The Morgan fingerprint density at radius 3 is 2.73 bits per heavy atom. The highest BCUT2D eigenvalue weighted by Crippen LogP contribution is 2.12. The molecule has 0 atom stereocenters. The van der Waals surface area contributed by atoms with Crippen molar-refractivity contribution in [1.82, 2.24) is 24.6 Å². The third-order valence-electron chi connectivity index (χ3n) is 5.11. The first kappa shape index (κ1) is 22.2. The number of hydrogen-bond acceptors (Lipinski definition) is 5. The Morgan fingerprint density at radius 2 is 1.97 bits per heavy atom. The number of carbonyl (C=O) groups excluding carboxylic acids is 1. The summed E-state index contributed by atoms with van der Waals surface area (Å²) >= 11 is 0. The van der Waals surface area contributed by atoms with E-state index in [1.165, 1.54) is 29.2 Å². The Kier molecular flexibility index (Phi) is 6.77. The molecule has 0 aliphatic heterocycles. The molecule has 0 fully saturated rings. The summed E-state index contributed by atoms with van der Waals surface area (Å²) in [7, 11) is 0. The molecule has 1 amide bonds. The van der Waals surface area contributed by atoms with Gasteiger partial charge in [-0.25, -0.2) is 14.1 Å². The van der Waals surface area contributed by atoms with Gasteiger partial charge in [0.05, 0.1) is 32.3 Å². The van der Waals surface area contributed by atoms with Crippen LogP contribution in [-0.4, -0.2) is 38.4 Å². The van der Waals surface area contributed by atoms with Crippen LogP contribution in [0.1, 0.15) is 18.1 Å². The van der Waals surface area contributed by atoms with Crippen molar-refractivity contribution in [2.75, 3.05) is 13.2 Å². The zero-order chi connectivity index (χ0) is 23.2. The highest BCUT2D eigenvalue weighted by atomic mass is 19.1. The van der Waals surface area contributed by atoms with E-state index in [9.17, 15) is 14.0 Å². The number of rotatable bonds is 9. The molecule has 0 bridgehead atoms. The van der Waals surface area contributed by atoms with E-state index in [1.54, 1.807) is 16.8 Å². The minimum Gasteiger partial charge on any atom is -0.494 e. The minimum absolute atomic E-state index is 0.110. The molecule has 170 valence electrons. The van der Waals surface area contributed by atoms with Crippen LogP contribution in [0.3, 0.4) is 0 Å². The quantitative estimate of drug-likeness (QED) is 0.424. The number of benzene rings is 2. The van der Waals surface area contributed by atoms with Crippen molar-refractivity contribution in [3.05, 3.63) is 88.4 Å². The summed E-state index contributed by atoms with van der Waals surface area (Å²) in [5, 5.41) is 7.47. The molecular formula is C24H24FN5O3. The Morgan fingerprint density at radius 1 is 1.15 bits per heavy atom. The Balaban J connectivity index is 1.35. The van der Waals surface area contributed by atoms with Gasteiger partial charge in [0.1, 0.15) is 23.3 Å². The average molecular weight is 449 g/mol. The molecule has 1 N–H and O–H groups in total. The van der Waals surface area contributed by atoms with Crippen molar-refractivity contribution >= 4 is 16.9 Å². The van der Waals surface area contributed by atoms with E-state index in [-0.39, 0.29) is 30.2 Å². The van der Waals surface area contributed by atoms with Crippen LogP contribution in [0.2, 0.25) is 0 Å². The maximum atomic E-state index is 13.4. The fourth-order valence-electron chi connectivity index (χ4n) is 3.53. The first-order chi connectivity index (χ1) is 16.0. The lowest BCUT2D eigenvalue weighted by Crippen LogP contribution is -2.29. The SMILES string of the molecule is CCOc1ccc(CC(=O)NCCn2ncc3c(=O)n(Cc4cccc(F)c4)cnc32)cc1. The number of nitrogens with one attached hydrogen (secondary N) is 1. The largest absolute Gasteiger partial charge is 0.494 e. The van der Waals surface area contributed by atoms with Crippen molar-refractivity contribution in [3.63, 3.8) is 0 Å². The second-order valence-corrected chi connectivity index (χ2v) is 7.52. The van der Waals surface area contributed by atoms with Crippen LogP contribution in [0.15, 0.2) is 65.8 Å². The predicted molar refractivity (Wildman–Crippen MR) is 122 cm³/mol. The molecule has 4 aromatic rings. The van der Waals surface area contributed by atoms with E-state index < -0.39 is 0 Å². The molecule has 4 rings (SSSR count). The Labute approximate surface area is 189 Å². The minimum atomic E-state index is -0.355. The molecule has 0 spiro atoms. The summed E-state index contributed by atoms with van der Waals surface area (Å²) in [6, 6.07) is 13.5. The summed E-state index contributed by atoms with van der Waals surface area (Å²) in [6.07, 6.45) is 3.15. The van der Waals surface area contributed by atoms with Crippen LogP contribution in [0.4, 0.5) is 4.39 Å². The fourth-order valence-corrected chi connectivity index (χ4v) is 3.53. The van der Waals surface area contributed by atoms with Crippen LogP contribution in [0.25, 0.3) is 11.0 Å². The number of fused-ring (bicyclic) bond motifs is 1. The summed E-state index contributed by atoms with van der Waals surface area (Å²) in [4.78, 5) is 29.4. The van der Waals surface area contributed by atoms with Crippen LogP contribution < -0.4 is 15.6 Å². The molecular weight excluding hydrogens is 425 g/mol. The summed E-state index contributed by atoms with van der Waals surface area (Å²) < 4.78 is 21.8. The molecule has 8 nitrogen and oxygen atoms in total. The van der Waals surface area contributed by atoms with Crippen molar-refractivity contribution in [3.8, 4) is 5.75 Å². The number of ether oxygens (including phenoxy) is 1.